The van der Waals surface area contributed by atoms with Gasteiger partial charge in [-0.3, -0.25) is 9.69 Å². The summed E-state index contributed by atoms with van der Waals surface area (Å²) in [5.41, 5.74) is 1.17. The molecule has 1 saturated heterocycles. The molecule has 7 heteroatoms. The Kier molecular flexibility index (Phi) is 6.46. The van der Waals surface area contributed by atoms with Crippen molar-refractivity contribution in [3.63, 3.8) is 0 Å². The summed E-state index contributed by atoms with van der Waals surface area (Å²) in [5.74, 6) is 2.96. The minimum absolute atomic E-state index is 0.162. The van der Waals surface area contributed by atoms with E-state index in [0.717, 1.165) is 69.3 Å². The first-order valence-corrected chi connectivity index (χ1v) is 12.4. The molecule has 6 nitrogen and oxygen atoms in total. The van der Waals surface area contributed by atoms with Crippen LogP contribution in [0.5, 0.6) is 11.5 Å². The Morgan fingerprint density at radius 1 is 1.06 bits per heavy atom. The number of para-hydroxylation sites is 1. The summed E-state index contributed by atoms with van der Waals surface area (Å²) in [6.45, 7) is 5.76. The standard InChI is InChI=1S/C24H34ClN3O3/c25-19-14-18(15-19)24(29)26-20-6-4-17(5-7-20)8-9-27-10-12-28(13-11-27)21-2-1-3-22-23(21)31-16-30-22/h1-3,17-20H,4-16H2,(H,26,29)/t17?,18-,19-,20?. The fourth-order valence-corrected chi connectivity index (χ4v) is 5.85. The number of halogens is 1. The van der Waals surface area contributed by atoms with Crippen LogP contribution in [0.25, 0.3) is 0 Å². The Morgan fingerprint density at radius 2 is 1.84 bits per heavy atom. The van der Waals surface area contributed by atoms with Gasteiger partial charge in [0.2, 0.25) is 12.7 Å². The van der Waals surface area contributed by atoms with Crippen LogP contribution < -0.4 is 19.7 Å². The van der Waals surface area contributed by atoms with E-state index in [1.807, 2.05) is 6.07 Å². The molecule has 4 aliphatic rings. The Morgan fingerprint density at radius 3 is 2.58 bits per heavy atom. The molecular weight excluding hydrogens is 414 g/mol. The third-order valence-corrected chi connectivity index (χ3v) is 7.94. The van der Waals surface area contributed by atoms with E-state index in [-0.39, 0.29) is 17.2 Å². The van der Waals surface area contributed by atoms with Crippen LogP contribution in [-0.4, -0.2) is 61.7 Å². The van der Waals surface area contributed by atoms with Crippen LogP contribution in [0.15, 0.2) is 18.2 Å². The van der Waals surface area contributed by atoms with E-state index in [2.05, 4.69) is 27.2 Å². The second-order valence-corrected chi connectivity index (χ2v) is 10.2. The van der Waals surface area contributed by atoms with Crippen LogP contribution in [0.4, 0.5) is 5.69 Å². The molecule has 3 fully saturated rings. The number of benzene rings is 1. The number of hydrogen-bond donors (Lipinski definition) is 1. The van der Waals surface area contributed by atoms with Crippen LogP contribution in [0.1, 0.15) is 44.9 Å². The third-order valence-electron chi connectivity index (χ3n) is 7.59. The van der Waals surface area contributed by atoms with Crippen molar-refractivity contribution in [2.24, 2.45) is 11.8 Å². The van der Waals surface area contributed by atoms with Gasteiger partial charge < -0.3 is 19.7 Å². The maximum absolute atomic E-state index is 12.2. The smallest absolute Gasteiger partial charge is 0.231 e. The van der Waals surface area contributed by atoms with Gasteiger partial charge >= 0.3 is 0 Å². The van der Waals surface area contributed by atoms with Crippen LogP contribution in [0.2, 0.25) is 0 Å². The Labute approximate surface area is 190 Å². The van der Waals surface area contributed by atoms with Crippen molar-refractivity contribution in [2.75, 3.05) is 44.4 Å². The van der Waals surface area contributed by atoms with Crippen molar-refractivity contribution >= 4 is 23.2 Å². The van der Waals surface area contributed by atoms with Crippen LogP contribution in [0, 0.1) is 11.8 Å². The number of ether oxygens (including phenoxy) is 2. The Bertz CT molecular complexity index is 769. The van der Waals surface area contributed by atoms with Crippen LogP contribution >= 0.6 is 11.6 Å². The molecule has 1 aromatic carbocycles. The predicted octanol–water partition coefficient (Wildman–Crippen LogP) is 3.62. The quantitative estimate of drug-likeness (QED) is 0.675. The molecule has 2 aliphatic carbocycles. The maximum atomic E-state index is 12.2. The molecule has 0 spiro atoms. The lowest BCUT2D eigenvalue weighted by atomic mass is 9.81. The van der Waals surface area contributed by atoms with Crippen LogP contribution in [0.3, 0.4) is 0 Å². The second-order valence-electron chi connectivity index (χ2n) is 9.62. The van der Waals surface area contributed by atoms with Crippen molar-refractivity contribution < 1.29 is 14.3 Å². The zero-order valence-electron chi connectivity index (χ0n) is 18.2. The number of rotatable bonds is 6. The summed E-state index contributed by atoms with van der Waals surface area (Å²) in [4.78, 5) is 17.3. The highest BCUT2D eigenvalue weighted by atomic mass is 35.5. The van der Waals surface area contributed by atoms with Gasteiger partial charge in [0.1, 0.15) is 0 Å². The first-order valence-electron chi connectivity index (χ1n) is 12.0. The number of piperazine rings is 1. The van der Waals surface area contributed by atoms with E-state index in [9.17, 15) is 4.79 Å². The second kappa shape index (κ2) is 9.45. The molecule has 0 radical (unpaired) electrons. The SMILES string of the molecule is O=C(NC1CCC(CCN2CCN(c3cccc4c3OCO4)CC2)CC1)[C@H]1C[C@H](Cl)C1. The van der Waals surface area contributed by atoms with E-state index < -0.39 is 0 Å². The van der Waals surface area contributed by atoms with Crippen molar-refractivity contribution in [2.45, 2.75) is 56.4 Å². The van der Waals surface area contributed by atoms with Gasteiger partial charge in [0, 0.05) is 43.5 Å². The molecule has 31 heavy (non-hydrogen) atoms. The molecule has 2 heterocycles. The molecular formula is C24H34ClN3O3. The van der Waals surface area contributed by atoms with Gasteiger partial charge in [-0.1, -0.05) is 6.07 Å². The fourth-order valence-electron chi connectivity index (χ4n) is 5.42. The van der Waals surface area contributed by atoms with Gasteiger partial charge in [0.05, 0.1) is 5.69 Å². The molecule has 2 aliphatic heterocycles. The maximum Gasteiger partial charge on any atom is 0.231 e. The predicted molar refractivity (Wildman–Crippen MR) is 122 cm³/mol. The first-order chi connectivity index (χ1) is 15.2. The summed E-state index contributed by atoms with van der Waals surface area (Å²) >= 11 is 6.01. The molecule has 0 atom stereocenters. The van der Waals surface area contributed by atoms with Crippen molar-refractivity contribution in [1.82, 2.24) is 10.2 Å². The Hall–Kier alpha value is -1.66. The molecule has 0 unspecified atom stereocenters. The van der Waals surface area contributed by atoms with Gasteiger partial charge in [-0.15, -0.1) is 11.6 Å². The molecule has 5 rings (SSSR count). The number of alkyl halides is 1. The van der Waals surface area contributed by atoms with E-state index in [1.54, 1.807) is 0 Å². The normalized spacial score (nSPS) is 30.7. The van der Waals surface area contributed by atoms with Gasteiger partial charge in [-0.25, -0.2) is 0 Å². The summed E-state index contributed by atoms with van der Waals surface area (Å²) in [5, 5.41) is 3.49. The number of anilines is 1. The average Bonchev–Trinajstić information content (AvgIpc) is 3.26. The number of carbonyl (C=O) groups is 1. The van der Waals surface area contributed by atoms with Crippen molar-refractivity contribution in [1.29, 1.82) is 0 Å². The molecule has 1 amide bonds. The number of hydrogen-bond acceptors (Lipinski definition) is 5. The summed E-state index contributed by atoms with van der Waals surface area (Å²) in [6, 6.07) is 6.54. The van der Waals surface area contributed by atoms with Gasteiger partial charge in [-0.05, 0) is 69.5 Å². The first kappa shape index (κ1) is 21.2. The largest absolute Gasteiger partial charge is 0.454 e. The average molecular weight is 448 g/mol. The zero-order chi connectivity index (χ0) is 21.2. The third kappa shape index (κ3) is 4.90. The minimum atomic E-state index is 0.162. The van der Waals surface area contributed by atoms with Crippen molar-refractivity contribution in [3.05, 3.63) is 18.2 Å². The highest BCUT2D eigenvalue weighted by Gasteiger charge is 2.34. The highest BCUT2D eigenvalue weighted by molar-refractivity contribution is 6.21. The lowest BCUT2D eigenvalue weighted by molar-refractivity contribution is -0.128. The Balaban J connectivity index is 1.00. The van der Waals surface area contributed by atoms with Gasteiger partial charge in [0.25, 0.3) is 0 Å². The number of fused-ring (bicyclic) bond motifs is 1. The lowest BCUT2D eigenvalue weighted by Gasteiger charge is -2.37. The van der Waals surface area contributed by atoms with E-state index in [4.69, 9.17) is 21.1 Å². The molecule has 1 aromatic rings. The topological polar surface area (TPSA) is 54.0 Å². The summed E-state index contributed by atoms with van der Waals surface area (Å²) in [6.07, 6.45) is 7.70. The van der Waals surface area contributed by atoms with Crippen LogP contribution in [-0.2, 0) is 4.79 Å². The number of amides is 1. The minimum Gasteiger partial charge on any atom is -0.454 e. The molecule has 170 valence electrons. The molecule has 1 N–H and O–H groups in total. The zero-order valence-corrected chi connectivity index (χ0v) is 19.0. The van der Waals surface area contributed by atoms with E-state index in [0.29, 0.717) is 12.8 Å². The molecule has 0 bridgehead atoms. The lowest BCUT2D eigenvalue weighted by Crippen LogP contribution is -2.47. The number of nitrogens with one attached hydrogen (secondary N) is 1. The molecule has 2 saturated carbocycles. The van der Waals surface area contributed by atoms with E-state index in [1.165, 1.54) is 31.5 Å². The highest BCUT2D eigenvalue weighted by Crippen LogP contribution is 2.41. The summed E-state index contributed by atoms with van der Waals surface area (Å²) < 4.78 is 11.2. The fraction of sp³-hybridized carbons (Fsp3) is 0.708. The molecule has 0 aromatic heterocycles. The number of nitrogens with zero attached hydrogens (tertiary/aromatic N) is 2. The van der Waals surface area contributed by atoms with E-state index >= 15 is 0 Å². The van der Waals surface area contributed by atoms with Crippen molar-refractivity contribution in [3.8, 4) is 11.5 Å². The number of carbonyl (C=O) groups excluding carboxylic acids is 1. The van der Waals surface area contributed by atoms with Gasteiger partial charge in [-0.2, -0.15) is 0 Å². The summed E-state index contributed by atoms with van der Waals surface area (Å²) in [7, 11) is 0. The van der Waals surface area contributed by atoms with Gasteiger partial charge in [0.15, 0.2) is 11.5 Å². The monoisotopic (exact) mass is 447 g/mol.